The number of sulfone groups is 2. The molecule has 4 rings (SSSR count). The summed E-state index contributed by atoms with van der Waals surface area (Å²) in [6.45, 7) is 0.893. The van der Waals surface area contributed by atoms with E-state index in [-0.39, 0.29) is 52.8 Å². The molecule has 220 valence electrons. The Hall–Kier alpha value is -2.64. The maximum absolute atomic E-state index is 15.2. The fourth-order valence-corrected chi connectivity index (χ4v) is 9.55. The third-order valence-electron chi connectivity index (χ3n) is 7.11. The molecule has 1 aromatic rings. The summed E-state index contributed by atoms with van der Waals surface area (Å²) in [5.41, 5.74) is -0.377. The molecule has 3 aliphatic rings. The fourth-order valence-electron chi connectivity index (χ4n) is 5.18. The van der Waals surface area contributed by atoms with E-state index in [1.165, 1.54) is 19.1 Å². The number of nitrogens with one attached hydrogen (secondary N) is 1. The third-order valence-corrected chi connectivity index (χ3v) is 11.1. The normalized spacial score (nSPS) is 22.8. The zero-order valence-electron chi connectivity index (χ0n) is 21.9. The SMILES string of the molecule is CC1=C(OC(=O)OCCOC(=O)C2CCCCCC2)C(c2c(F)cccc2Cl)C2=C(CS(=O)(=O)CCS2(=O)=O)N1. The molecule has 14 heteroatoms. The van der Waals surface area contributed by atoms with Crippen LogP contribution in [-0.4, -0.2) is 59.4 Å². The van der Waals surface area contributed by atoms with Crippen LogP contribution in [0.2, 0.25) is 5.02 Å². The number of benzene rings is 1. The molecule has 1 atom stereocenters. The third kappa shape index (κ3) is 6.98. The van der Waals surface area contributed by atoms with Crippen molar-refractivity contribution in [2.75, 3.05) is 30.5 Å². The Bertz CT molecular complexity index is 1430. The lowest BCUT2D eigenvalue weighted by Gasteiger charge is -2.31. The number of carbonyl (C=O) groups is 2. The second-order valence-electron chi connectivity index (χ2n) is 9.99. The smallest absolute Gasteiger partial charge is 0.462 e. The van der Waals surface area contributed by atoms with Crippen molar-refractivity contribution in [2.24, 2.45) is 5.92 Å². The first-order valence-corrected chi connectivity index (χ1v) is 16.8. The van der Waals surface area contributed by atoms with E-state index in [9.17, 15) is 26.4 Å². The van der Waals surface area contributed by atoms with E-state index in [2.05, 4.69) is 5.32 Å². The molecule has 0 aromatic heterocycles. The van der Waals surface area contributed by atoms with Gasteiger partial charge < -0.3 is 19.5 Å². The lowest BCUT2D eigenvalue weighted by atomic mass is 9.91. The van der Waals surface area contributed by atoms with E-state index >= 15 is 4.39 Å². The van der Waals surface area contributed by atoms with Gasteiger partial charge in [0.15, 0.2) is 19.7 Å². The highest BCUT2D eigenvalue weighted by atomic mass is 35.5. The van der Waals surface area contributed by atoms with Crippen molar-refractivity contribution in [1.29, 1.82) is 0 Å². The topological polar surface area (TPSA) is 142 Å². The van der Waals surface area contributed by atoms with Crippen molar-refractivity contribution < 1.29 is 45.0 Å². The fraction of sp³-hybridized carbons (Fsp3) is 0.538. The van der Waals surface area contributed by atoms with E-state index in [0.717, 1.165) is 44.6 Å². The van der Waals surface area contributed by atoms with Gasteiger partial charge in [-0.15, -0.1) is 0 Å². The Morgan fingerprint density at radius 1 is 1.02 bits per heavy atom. The monoisotopic (exact) mass is 619 g/mol. The lowest BCUT2D eigenvalue weighted by molar-refractivity contribution is -0.150. The van der Waals surface area contributed by atoms with Crippen LogP contribution in [0.1, 0.15) is 56.9 Å². The van der Waals surface area contributed by atoms with E-state index < -0.39 is 59.7 Å². The number of hydrogen-bond acceptors (Lipinski definition) is 10. The molecule has 1 aliphatic carbocycles. The Morgan fingerprint density at radius 2 is 1.70 bits per heavy atom. The summed E-state index contributed by atoms with van der Waals surface area (Å²) < 4.78 is 82.5. The number of dihydropyridines is 1. The quantitative estimate of drug-likeness (QED) is 0.281. The van der Waals surface area contributed by atoms with Gasteiger partial charge in [0.25, 0.3) is 0 Å². The van der Waals surface area contributed by atoms with Crippen LogP contribution in [0, 0.1) is 11.7 Å². The molecule has 1 aromatic carbocycles. The minimum Gasteiger partial charge on any atom is -0.462 e. The first-order chi connectivity index (χ1) is 18.9. The van der Waals surface area contributed by atoms with Gasteiger partial charge in [-0.25, -0.2) is 26.0 Å². The van der Waals surface area contributed by atoms with Crippen LogP contribution in [0.25, 0.3) is 0 Å². The highest BCUT2D eigenvalue weighted by Crippen LogP contribution is 2.45. The molecule has 0 bridgehead atoms. The molecule has 2 aliphatic heterocycles. The van der Waals surface area contributed by atoms with Gasteiger partial charge in [0.1, 0.15) is 24.8 Å². The van der Waals surface area contributed by atoms with E-state index in [1.807, 2.05) is 0 Å². The maximum Gasteiger partial charge on any atom is 0.513 e. The van der Waals surface area contributed by atoms with Crippen LogP contribution in [0.3, 0.4) is 0 Å². The molecular weight excluding hydrogens is 589 g/mol. The second-order valence-corrected chi connectivity index (χ2v) is 14.7. The highest BCUT2D eigenvalue weighted by molar-refractivity contribution is 7.98. The molecule has 1 N–H and O–H groups in total. The van der Waals surface area contributed by atoms with Crippen molar-refractivity contribution in [1.82, 2.24) is 5.32 Å². The molecule has 40 heavy (non-hydrogen) atoms. The zero-order chi connectivity index (χ0) is 29.1. The van der Waals surface area contributed by atoms with Crippen LogP contribution in [0.15, 0.2) is 40.3 Å². The number of rotatable bonds is 6. The van der Waals surface area contributed by atoms with Crippen molar-refractivity contribution in [3.8, 4) is 0 Å². The van der Waals surface area contributed by atoms with E-state index in [0.29, 0.717) is 0 Å². The van der Waals surface area contributed by atoms with Crippen LogP contribution in [0.5, 0.6) is 0 Å². The average molecular weight is 620 g/mol. The number of carbonyl (C=O) groups excluding carboxylic acids is 2. The van der Waals surface area contributed by atoms with Crippen LogP contribution >= 0.6 is 11.6 Å². The average Bonchev–Trinajstić information content (AvgIpc) is 3.20. The predicted molar refractivity (Wildman–Crippen MR) is 144 cm³/mol. The number of hydrogen-bond donors (Lipinski definition) is 1. The van der Waals surface area contributed by atoms with Gasteiger partial charge >= 0.3 is 12.1 Å². The van der Waals surface area contributed by atoms with Gasteiger partial charge in [-0.2, -0.15) is 0 Å². The summed E-state index contributed by atoms with van der Waals surface area (Å²) in [7, 11) is -8.07. The van der Waals surface area contributed by atoms with Crippen LogP contribution in [0.4, 0.5) is 9.18 Å². The first kappa shape index (κ1) is 30.3. The molecule has 0 amide bonds. The summed E-state index contributed by atoms with van der Waals surface area (Å²) in [5.74, 6) is -5.27. The van der Waals surface area contributed by atoms with Crippen molar-refractivity contribution >= 4 is 43.4 Å². The van der Waals surface area contributed by atoms with Crippen molar-refractivity contribution in [2.45, 2.75) is 51.4 Å². The molecular formula is C26H31ClFNO9S2. The Balaban J connectivity index is 1.55. The van der Waals surface area contributed by atoms with Gasteiger partial charge in [0, 0.05) is 16.3 Å². The largest absolute Gasteiger partial charge is 0.513 e. The van der Waals surface area contributed by atoms with Gasteiger partial charge in [0.05, 0.1) is 39.7 Å². The Labute approximate surface area is 237 Å². The van der Waals surface area contributed by atoms with E-state index in [1.54, 1.807) is 0 Å². The minimum atomic E-state index is -4.27. The molecule has 1 saturated carbocycles. The second kappa shape index (κ2) is 12.5. The van der Waals surface area contributed by atoms with Crippen molar-refractivity contribution in [3.05, 3.63) is 56.7 Å². The van der Waals surface area contributed by atoms with Gasteiger partial charge in [0.2, 0.25) is 0 Å². The van der Waals surface area contributed by atoms with Gasteiger partial charge in [-0.3, -0.25) is 4.79 Å². The predicted octanol–water partition coefficient (Wildman–Crippen LogP) is 4.12. The van der Waals surface area contributed by atoms with Crippen LogP contribution in [-0.2, 0) is 38.7 Å². The highest BCUT2D eigenvalue weighted by Gasteiger charge is 2.44. The number of ether oxygens (including phenoxy) is 3. The Morgan fingerprint density at radius 3 is 2.38 bits per heavy atom. The molecule has 2 heterocycles. The summed E-state index contributed by atoms with van der Waals surface area (Å²) in [6.07, 6.45) is 4.33. The molecule has 0 radical (unpaired) electrons. The number of halogens is 2. The molecule has 0 spiro atoms. The maximum atomic E-state index is 15.2. The summed E-state index contributed by atoms with van der Waals surface area (Å²) >= 11 is 6.30. The number of allylic oxidation sites excluding steroid dienone is 2. The molecule has 0 saturated heterocycles. The lowest BCUT2D eigenvalue weighted by Crippen LogP contribution is -2.33. The summed E-state index contributed by atoms with van der Waals surface area (Å²) in [4.78, 5) is 24.5. The minimum absolute atomic E-state index is 0.0760. The standard InChI is InChI=1S/C26H31ClFNO9S2/c1-16-23(38-26(31)37-12-11-36-25(30)17-7-4-2-3-5-8-17)22(21-18(27)9-6-10-19(21)28)24-20(29-16)15-39(32,33)13-14-40(24,34)35/h6,9-10,17,22,29H,2-5,7-8,11-15H2,1H3. The molecule has 10 nitrogen and oxygen atoms in total. The first-order valence-electron chi connectivity index (χ1n) is 13.0. The van der Waals surface area contributed by atoms with Gasteiger partial charge in [-0.05, 0) is 31.9 Å². The number of esters is 1. The summed E-state index contributed by atoms with van der Waals surface area (Å²) in [5, 5.41) is 2.58. The van der Waals surface area contributed by atoms with E-state index in [4.69, 9.17) is 25.8 Å². The zero-order valence-corrected chi connectivity index (χ0v) is 24.3. The Kier molecular flexibility index (Phi) is 9.46. The molecule has 1 unspecified atom stereocenters. The molecule has 1 fully saturated rings. The van der Waals surface area contributed by atoms with Gasteiger partial charge in [-0.1, -0.05) is 43.4 Å². The summed E-state index contributed by atoms with van der Waals surface area (Å²) in [6, 6.07) is 3.74. The van der Waals surface area contributed by atoms with Crippen molar-refractivity contribution in [3.63, 3.8) is 0 Å². The van der Waals surface area contributed by atoms with Crippen LogP contribution < -0.4 is 5.32 Å².